The maximum absolute atomic E-state index is 11.8. The minimum absolute atomic E-state index is 0.130. The van der Waals surface area contributed by atoms with Crippen molar-refractivity contribution in [1.82, 2.24) is 0 Å². The molecule has 3 rings (SSSR count). The van der Waals surface area contributed by atoms with Gasteiger partial charge in [-0.15, -0.1) is 0 Å². The first-order valence-corrected chi connectivity index (χ1v) is 6.56. The zero-order chi connectivity index (χ0) is 12.4. The van der Waals surface area contributed by atoms with E-state index in [0.29, 0.717) is 0 Å². The fourth-order valence-electron chi connectivity index (χ4n) is 2.62. The molecule has 0 atom stereocenters. The van der Waals surface area contributed by atoms with E-state index in [-0.39, 0.29) is 5.97 Å². The maximum Gasteiger partial charge on any atom is 0.339 e. The molecule has 0 bridgehead atoms. The lowest BCUT2D eigenvalue weighted by molar-refractivity contribution is -0.133. The van der Waals surface area contributed by atoms with Crippen LogP contribution in [-0.2, 0) is 9.53 Å². The molecule has 0 saturated heterocycles. The standard InChI is InChI=1S/C16H16O2/c17-16-14-10-6-2-5-9-13(14)15(18-16)11-12-7-3-1-4-8-12/h1,3-4,7-8,11H,2,5-6,9-10H2/b15-11-. The van der Waals surface area contributed by atoms with E-state index < -0.39 is 0 Å². The second-order valence-corrected chi connectivity index (χ2v) is 4.83. The molecule has 0 spiro atoms. The summed E-state index contributed by atoms with van der Waals surface area (Å²) in [5, 5.41) is 0. The van der Waals surface area contributed by atoms with E-state index in [0.717, 1.165) is 48.2 Å². The zero-order valence-corrected chi connectivity index (χ0v) is 10.3. The van der Waals surface area contributed by atoms with E-state index in [9.17, 15) is 4.79 Å². The molecule has 18 heavy (non-hydrogen) atoms. The van der Waals surface area contributed by atoms with Gasteiger partial charge in [0.2, 0.25) is 0 Å². The van der Waals surface area contributed by atoms with E-state index in [1.807, 2.05) is 36.4 Å². The van der Waals surface area contributed by atoms with E-state index in [1.165, 1.54) is 6.42 Å². The fourth-order valence-corrected chi connectivity index (χ4v) is 2.62. The number of cyclic esters (lactones) is 1. The highest BCUT2D eigenvalue weighted by Gasteiger charge is 2.29. The molecule has 0 saturated carbocycles. The van der Waals surface area contributed by atoms with Gasteiger partial charge >= 0.3 is 5.97 Å². The number of carbonyl (C=O) groups excluding carboxylic acids is 1. The summed E-state index contributed by atoms with van der Waals surface area (Å²) in [7, 11) is 0. The number of hydrogen-bond donors (Lipinski definition) is 0. The number of rotatable bonds is 1. The van der Waals surface area contributed by atoms with Gasteiger partial charge in [-0.2, -0.15) is 0 Å². The SMILES string of the molecule is O=C1O/C(=C\c2ccccc2)C2=C1CCCCC2. The lowest BCUT2D eigenvalue weighted by Gasteiger charge is -2.03. The highest BCUT2D eigenvalue weighted by atomic mass is 16.5. The molecule has 2 aliphatic rings. The summed E-state index contributed by atoms with van der Waals surface area (Å²) >= 11 is 0. The van der Waals surface area contributed by atoms with E-state index in [4.69, 9.17) is 4.74 Å². The average molecular weight is 240 g/mol. The van der Waals surface area contributed by atoms with Crippen molar-refractivity contribution in [3.63, 3.8) is 0 Å². The summed E-state index contributed by atoms with van der Waals surface area (Å²) in [5.74, 6) is 0.636. The van der Waals surface area contributed by atoms with Crippen molar-refractivity contribution in [2.45, 2.75) is 32.1 Å². The Labute approximate surface area is 107 Å². The number of benzene rings is 1. The monoisotopic (exact) mass is 240 g/mol. The van der Waals surface area contributed by atoms with Gasteiger partial charge in [-0.05, 0) is 37.3 Å². The van der Waals surface area contributed by atoms with Crippen molar-refractivity contribution < 1.29 is 9.53 Å². The number of allylic oxidation sites excluding steroid dienone is 1. The largest absolute Gasteiger partial charge is 0.423 e. The van der Waals surface area contributed by atoms with E-state index >= 15 is 0 Å². The van der Waals surface area contributed by atoms with Crippen LogP contribution in [0.5, 0.6) is 0 Å². The van der Waals surface area contributed by atoms with Crippen LogP contribution in [-0.4, -0.2) is 5.97 Å². The Bertz CT molecular complexity index is 523. The quantitative estimate of drug-likeness (QED) is 0.697. The molecule has 0 amide bonds. The Hall–Kier alpha value is -1.83. The van der Waals surface area contributed by atoms with Gasteiger partial charge in [-0.3, -0.25) is 0 Å². The number of esters is 1. The van der Waals surface area contributed by atoms with Crippen molar-refractivity contribution in [2.75, 3.05) is 0 Å². The molecule has 1 aliphatic carbocycles. The molecule has 0 aromatic heterocycles. The van der Waals surface area contributed by atoms with Gasteiger partial charge in [0.25, 0.3) is 0 Å². The van der Waals surface area contributed by atoms with Gasteiger partial charge in [0.1, 0.15) is 5.76 Å². The zero-order valence-electron chi connectivity index (χ0n) is 10.3. The van der Waals surface area contributed by atoms with Gasteiger partial charge in [0.05, 0.1) is 0 Å². The summed E-state index contributed by atoms with van der Waals surface area (Å²) in [5.41, 5.74) is 3.13. The third kappa shape index (κ3) is 2.10. The Balaban J connectivity index is 1.96. The van der Waals surface area contributed by atoms with Crippen molar-refractivity contribution in [3.05, 3.63) is 52.8 Å². The highest BCUT2D eigenvalue weighted by molar-refractivity contribution is 5.95. The van der Waals surface area contributed by atoms with Gasteiger partial charge < -0.3 is 4.74 Å². The Morgan fingerprint density at radius 3 is 2.44 bits per heavy atom. The van der Waals surface area contributed by atoms with Crippen LogP contribution in [0.2, 0.25) is 0 Å². The third-order valence-electron chi connectivity index (χ3n) is 3.56. The fraction of sp³-hybridized carbons (Fsp3) is 0.312. The van der Waals surface area contributed by atoms with Crippen LogP contribution >= 0.6 is 0 Å². The molecule has 1 aromatic carbocycles. The molecule has 2 nitrogen and oxygen atoms in total. The molecule has 0 radical (unpaired) electrons. The number of ether oxygens (including phenoxy) is 1. The van der Waals surface area contributed by atoms with Crippen molar-refractivity contribution >= 4 is 12.0 Å². The van der Waals surface area contributed by atoms with Crippen LogP contribution in [0, 0.1) is 0 Å². The summed E-state index contributed by atoms with van der Waals surface area (Å²) < 4.78 is 5.42. The highest BCUT2D eigenvalue weighted by Crippen LogP contribution is 2.36. The molecule has 92 valence electrons. The summed E-state index contributed by atoms with van der Waals surface area (Å²) in [4.78, 5) is 11.8. The number of hydrogen-bond acceptors (Lipinski definition) is 2. The molecule has 0 fully saturated rings. The molecule has 0 unspecified atom stereocenters. The van der Waals surface area contributed by atoms with Gasteiger partial charge in [-0.25, -0.2) is 4.79 Å². The average Bonchev–Trinajstić information content (AvgIpc) is 2.59. The van der Waals surface area contributed by atoms with E-state index in [1.54, 1.807) is 0 Å². The first kappa shape index (κ1) is 11.3. The second-order valence-electron chi connectivity index (χ2n) is 4.83. The Morgan fingerprint density at radius 2 is 1.67 bits per heavy atom. The summed E-state index contributed by atoms with van der Waals surface area (Å²) in [6, 6.07) is 10.0. The first-order chi connectivity index (χ1) is 8.84. The first-order valence-electron chi connectivity index (χ1n) is 6.56. The normalized spacial score (nSPS) is 21.8. The lowest BCUT2D eigenvalue weighted by Crippen LogP contribution is -1.98. The van der Waals surface area contributed by atoms with Gasteiger partial charge in [0, 0.05) is 11.1 Å². The minimum atomic E-state index is -0.130. The van der Waals surface area contributed by atoms with Crippen LogP contribution < -0.4 is 0 Å². The topological polar surface area (TPSA) is 26.3 Å². The minimum Gasteiger partial charge on any atom is -0.423 e. The lowest BCUT2D eigenvalue weighted by atomic mass is 10.0. The predicted octanol–water partition coefficient (Wildman–Crippen LogP) is 3.85. The Kier molecular flexibility index (Phi) is 3.01. The van der Waals surface area contributed by atoms with Crippen LogP contribution in [0.25, 0.3) is 6.08 Å². The maximum atomic E-state index is 11.8. The number of carbonyl (C=O) groups is 1. The summed E-state index contributed by atoms with van der Waals surface area (Å²) in [6.07, 6.45) is 7.29. The van der Waals surface area contributed by atoms with Crippen LogP contribution in [0.3, 0.4) is 0 Å². The van der Waals surface area contributed by atoms with E-state index in [2.05, 4.69) is 0 Å². The molecule has 1 aliphatic heterocycles. The third-order valence-corrected chi connectivity index (χ3v) is 3.56. The molecule has 1 aromatic rings. The molecule has 1 heterocycles. The predicted molar refractivity (Wildman–Crippen MR) is 70.6 cm³/mol. The molecule has 2 heteroatoms. The van der Waals surface area contributed by atoms with Gasteiger partial charge in [-0.1, -0.05) is 36.8 Å². The smallest absolute Gasteiger partial charge is 0.339 e. The Morgan fingerprint density at radius 1 is 0.944 bits per heavy atom. The molecule has 0 N–H and O–H groups in total. The van der Waals surface area contributed by atoms with Gasteiger partial charge in [0.15, 0.2) is 0 Å². The van der Waals surface area contributed by atoms with Crippen molar-refractivity contribution in [1.29, 1.82) is 0 Å². The van der Waals surface area contributed by atoms with Crippen molar-refractivity contribution in [2.24, 2.45) is 0 Å². The van der Waals surface area contributed by atoms with Crippen molar-refractivity contribution in [3.8, 4) is 0 Å². The molecular weight excluding hydrogens is 224 g/mol. The van der Waals surface area contributed by atoms with Crippen LogP contribution in [0.15, 0.2) is 47.2 Å². The molecular formula is C16H16O2. The second kappa shape index (κ2) is 4.81. The summed E-state index contributed by atoms with van der Waals surface area (Å²) in [6.45, 7) is 0. The van der Waals surface area contributed by atoms with Crippen LogP contribution in [0.4, 0.5) is 0 Å². The van der Waals surface area contributed by atoms with Crippen LogP contribution in [0.1, 0.15) is 37.7 Å².